The van der Waals surface area contributed by atoms with E-state index < -0.39 is 0 Å². The van der Waals surface area contributed by atoms with Crippen molar-refractivity contribution in [3.8, 4) is 0 Å². The molecule has 8 heavy (non-hydrogen) atoms. The third kappa shape index (κ3) is 290. The molecule has 0 aromatic rings. The van der Waals surface area contributed by atoms with Crippen LogP contribution in [0.1, 0.15) is 13.8 Å². The first kappa shape index (κ1) is 26.2. The molecule has 2 nitrogen and oxygen atoms in total. The quantitative estimate of drug-likeness (QED) is 0.423. The van der Waals surface area contributed by atoms with Crippen LogP contribution in [-0.2, 0) is 0 Å². The van der Waals surface area contributed by atoms with E-state index in [1.807, 2.05) is 13.8 Å². The van der Waals surface area contributed by atoms with E-state index in [4.69, 9.17) is 0 Å². The molecule has 0 rings (SSSR count). The first-order valence-corrected chi connectivity index (χ1v) is 1.97. The fourth-order valence-corrected chi connectivity index (χ4v) is 0. The number of hydrogen-bond donors (Lipinski definition) is 0. The maximum Gasteiger partial charge on any atom is -0.0473 e. The fourth-order valence-electron chi connectivity index (χ4n) is 0. The normalized spacial score (nSPS) is 3.25. The Morgan fingerprint density at radius 2 is 0.875 bits per heavy atom. The van der Waals surface area contributed by atoms with Gasteiger partial charge in [-0.05, 0) is 13.8 Å². The molecule has 0 amide bonds. The van der Waals surface area contributed by atoms with E-state index in [-0.39, 0.29) is 11.0 Å². The number of rotatable bonds is 0. The predicted molar refractivity (Wildman–Crippen MR) is 39.0 cm³/mol. The lowest BCUT2D eigenvalue weighted by Crippen LogP contribution is -1.07. The van der Waals surface area contributed by atoms with Crippen LogP contribution in [0.2, 0.25) is 0 Å². The van der Waals surface area contributed by atoms with Crippen molar-refractivity contribution >= 4 is 0 Å². The molecule has 4 N–H and O–H groups in total. The van der Waals surface area contributed by atoms with Crippen LogP contribution in [0.5, 0.6) is 0 Å². The van der Waals surface area contributed by atoms with Gasteiger partial charge in [0.1, 0.15) is 0 Å². The Balaban J connectivity index is -0.0000000160. The van der Waals surface area contributed by atoms with Gasteiger partial charge in [-0.2, -0.15) is 0 Å². The van der Waals surface area contributed by atoms with Gasteiger partial charge in [-0.3, -0.25) is 0 Å². The molecule has 0 heterocycles. The van der Waals surface area contributed by atoms with Crippen LogP contribution < -0.4 is 0 Å². The Morgan fingerprint density at radius 1 is 0.875 bits per heavy atom. The van der Waals surface area contributed by atoms with Gasteiger partial charge in [0, 0.05) is 0 Å². The average molecular weight is 120 g/mol. The summed E-state index contributed by atoms with van der Waals surface area (Å²) in [6.45, 7) is 10.5. The Hall–Kier alpha value is -0.600. The molecule has 0 aliphatic carbocycles. The standard InChI is InChI=1S/2C3H6.2H2O/c2*1-3-2;;/h2*3H,1H2,2H3;2*1H2. The Morgan fingerprint density at radius 3 is 0.875 bits per heavy atom. The number of allylic oxidation sites excluding steroid dienone is 2. The van der Waals surface area contributed by atoms with Gasteiger partial charge in [0.2, 0.25) is 0 Å². The highest BCUT2D eigenvalue weighted by Crippen LogP contribution is 1.38. The number of hydrogen-bond acceptors (Lipinski definition) is 0. The van der Waals surface area contributed by atoms with Crippen LogP contribution in [-0.4, -0.2) is 11.0 Å². The van der Waals surface area contributed by atoms with Crippen LogP contribution in [0.3, 0.4) is 0 Å². The molecule has 0 saturated heterocycles. The minimum Gasteiger partial charge on any atom is -0.412 e. The molecule has 0 atom stereocenters. The van der Waals surface area contributed by atoms with E-state index in [1.54, 1.807) is 12.2 Å². The summed E-state index contributed by atoms with van der Waals surface area (Å²) in [5.74, 6) is 0. The van der Waals surface area contributed by atoms with Crippen molar-refractivity contribution in [2.24, 2.45) is 0 Å². The van der Waals surface area contributed by atoms with E-state index in [2.05, 4.69) is 13.2 Å². The Kier molecular flexibility index (Phi) is 312. The highest BCUT2D eigenvalue weighted by molar-refractivity contribution is 4.51. The van der Waals surface area contributed by atoms with Crippen molar-refractivity contribution in [3.05, 3.63) is 25.3 Å². The van der Waals surface area contributed by atoms with Gasteiger partial charge in [-0.1, -0.05) is 12.2 Å². The van der Waals surface area contributed by atoms with E-state index in [0.717, 1.165) is 0 Å². The van der Waals surface area contributed by atoms with Crippen LogP contribution in [0.4, 0.5) is 0 Å². The molecule has 0 aliphatic heterocycles. The summed E-state index contributed by atoms with van der Waals surface area (Å²) < 4.78 is 0. The molecular weight excluding hydrogens is 104 g/mol. The van der Waals surface area contributed by atoms with Gasteiger partial charge in [-0.25, -0.2) is 0 Å². The Bertz CT molecular complexity index is 27.5. The molecule has 2 heteroatoms. The second-order valence-electron chi connectivity index (χ2n) is 0.816. The lowest BCUT2D eigenvalue weighted by Gasteiger charge is -1.31. The summed E-state index contributed by atoms with van der Waals surface area (Å²) in [6, 6.07) is 0. The molecule has 0 fully saturated rings. The van der Waals surface area contributed by atoms with Crippen molar-refractivity contribution < 1.29 is 11.0 Å². The van der Waals surface area contributed by atoms with Crippen LogP contribution >= 0.6 is 0 Å². The molecular formula is C6H16O2. The van der Waals surface area contributed by atoms with E-state index >= 15 is 0 Å². The van der Waals surface area contributed by atoms with Gasteiger partial charge in [0.15, 0.2) is 0 Å². The third-order valence-corrected chi connectivity index (χ3v) is 0. The van der Waals surface area contributed by atoms with Gasteiger partial charge in [-0.15, -0.1) is 13.2 Å². The summed E-state index contributed by atoms with van der Waals surface area (Å²) in [7, 11) is 0. The highest BCUT2D eigenvalue weighted by atomic mass is 16.0. The molecule has 0 aliphatic rings. The van der Waals surface area contributed by atoms with Crippen molar-refractivity contribution in [3.63, 3.8) is 0 Å². The van der Waals surface area contributed by atoms with Crippen molar-refractivity contribution in [2.45, 2.75) is 13.8 Å². The van der Waals surface area contributed by atoms with Crippen molar-refractivity contribution in [1.29, 1.82) is 0 Å². The van der Waals surface area contributed by atoms with E-state index in [1.165, 1.54) is 0 Å². The van der Waals surface area contributed by atoms with Crippen molar-refractivity contribution in [2.75, 3.05) is 0 Å². The largest absolute Gasteiger partial charge is 0.412 e. The molecule has 0 saturated carbocycles. The predicted octanol–water partition coefficient (Wildman–Crippen LogP) is 0.735. The second kappa shape index (κ2) is 95.2. The molecule has 0 aromatic carbocycles. The lowest BCUT2D eigenvalue weighted by atomic mass is 10.8. The highest BCUT2D eigenvalue weighted by Gasteiger charge is 1.15. The molecule has 0 radical (unpaired) electrons. The fraction of sp³-hybridized carbons (Fsp3) is 0.333. The first-order chi connectivity index (χ1) is 2.83. The van der Waals surface area contributed by atoms with E-state index in [9.17, 15) is 0 Å². The topological polar surface area (TPSA) is 63.0 Å². The zero-order valence-electron chi connectivity index (χ0n) is 5.57. The molecule has 0 aromatic heterocycles. The van der Waals surface area contributed by atoms with Gasteiger partial charge in [0.05, 0.1) is 0 Å². The molecule has 0 bridgehead atoms. The summed E-state index contributed by atoms with van der Waals surface area (Å²) >= 11 is 0. The minimum absolute atomic E-state index is 0. The van der Waals surface area contributed by atoms with Crippen molar-refractivity contribution in [1.82, 2.24) is 0 Å². The monoisotopic (exact) mass is 120 g/mol. The maximum atomic E-state index is 3.36. The van der Waals surface area contributed by atoms with Gasteiger partial charge >= 0.3 is 0 Å². The Labute approximate surface area is 51.2 Å². The van der Waals surface area contributed by atoms with Crippen LogP contribution in [0, 0.1) is 0 Å². The second-order valence-corrected chi connectivity index (χ2v) is 0.816. The zero-order chi connectivity index (χ0) is 5.41. The summed E-state index contributed by atoms with van der Waals surface area (Å²) in [4.78, 5) is 0. The lowest BCUT2D eigenvalue weighted by molar-refractivity contribution is 0.823. The maximum absolute atomic E-state index is 3.36. The molecule has 52 valence electrons. The average Bonchev–Trinajstić information content (AvgIpc) is 1.39. The summed E-state index contributed by atoms with van der Waals surface area (Å²) in [5.41, 5.74) is 0. The SMILES string of the molecule is C=CC.C=CC.O.O. The van der Waals surface area contributed by atoms with Gasteiger partial charge < -0.3 is 11.0 Å². The van der Waals surface area contributed by atoms with E-state index in [0.29, 0.717) is 0 Å². The smallest absolute Gasteiger partial charge is 0.0473 e. The third-order valence-electron chi connectivity index (χ3n) is 0. The first-order valence-electron chi connectivity index (χ1n) is 1.97. The molecule has 0 spiro atoms. The van der Waals surface area contributed by atoms with Crippen LogP contribution in [0.15, 0.2) is 25.3 Å². The summed E-state index contributed by atoms with van der Waals surface area (Å²) in [5, 5.41) is 0. The van der Waals surface area contributed by atoms with Crippen LogP contribution in [0.25, 0.3) is 0 Å². The molecule has 0 unspecified atom stereocenters. The zero-order valence-corrected chi connectivity index (χ0v) is 5.57. The summed E-state index contributed by atoms with van der Waals surface area (Å²) in [6.07, 6.45) is 3.50. The minimum atomic E-state index is 0. The van der Waals surface area contributed by atoms with Gasteiger partial charge in [0.25, 0.3) is 0 Å².